The standard InChI is InChI=1S/C4H4N2S/c5-1-4-2-6-3-7-4/h2,4H,3H2. The van der Waals surface area contributed by atoms with E-state index < -0.39 is 0 Å². The molecule has 0 N–H and O–H groups in total. The van der Waals surface area contributed by atoms with Gasteiger partial charge in [-0.2, -0.15) is 5.26 Å². The highest BCUT2D eigenvalue weighted by molar-refractivity contribution is 8.01. The number of aliphatic imine (C=N–C) groups is 1. The molecule has 0 amide bonds. The summed E-state index contributed by atoms with van der Waals surface area (Å²) < 4.78 is 0. The van der Waals surface area contributed by atoms with E-state index in [9.17, 15) is 0 Å². The first-order chi connectivity index (χ1) is 3.43. The first kappa shape index (κ1) is 4.66. The van der Waals surface area contributed by atoms with Gasteiger partial charge < -0.3 is 0 Å². The normalized spacial score (nSPS) is 27.6. The molecule has 0 bridgehead atoms. The molecule has 1 heterocycles. The van der Waals surface area contributed by atoms with Crippen molar-refractivity contribution < 1.29 is 0 Å². The Labute approximate surface area is 46.2 Å². The van der Waals surface area contributed by atoms with Crippen molar-refractivity contribution in [3.05, 3.63) is 0 Å². The van der Waals surface area contributed by atoms with Crippen molar-refractivity contribution >= 4 is 18.0 Å². The van der Waals surface area contributed by atoms with Gasteiger partial charge in [0.1, 0.15) is 5.25 Å². The quantitative estimate of drug-likeness (QED) is 0.461. The van der Waals surface area contributed by atoms with Gasteiger partial charge in [-0.15, -0.1) is 11.8 Å². The molecule has 0 saturated heterocycles. The summed E-state index contributed by atoms with van der Waals surface area (Å²) in [5.41, 5.74) is 0. The first-order valence-electron chi connectivity index (χ1n) is 1.94. The summed E-state index contributed by atoms with van der Waals surface area (Å²) in [6.45, 7) is 0. The Morgan fingerprint density at radius 1 is 2.00 bits per heavy atom. The summed E-state index contributed by atoms with van der Waals surface area (Å²) in [4.78, 5) is 3.85. The predicted molar refractivity (Wildman–Crippen MR) is 30.4 cm³/mol. The van der Waals surface area contributed by atoms with Crippen LogP contribution in [0.1, 0.15) is 0 Å². The van der Waals surface area contributed by atoms with E-state index in [0.717, 1.165) is 5.88 Å². The zero-order valence-corrected chi connectivity index (χ0v) is 4.48. The zero-order valence-electron chi connectivity index (χ0n) is 3.66. The number of hydrogen-bond donors (Lipinski definition) is 0. The van der Waals surface area contributed by atoms with E-state index in [0.29, 0.717) is 0 Å². The highest BCUT2D eigenvalue weighted by Crippen LogP contribution is 2.13. The lowest BCUT2D eigenvalue weighted by molar-refractivity contribution is 1.41. The third-order valence-electron chi connectivity index (χ3n) is 0.697. The minimum absolute atomic E-state index is 0.0278. The summed E-state index contributed by atoms with van der Waals surface area (Å²) in [5, 5.41) is 8.23. The van der Waals surface area contributed by atoms with Crippen molar-refractivity contribution in [1.82, 2.24) is 0 Å². The second-order valence-corrected chi connectivity index (χ2v) is 2.28. The zero-order chi connectivity index (χ0) is 5.11. The Kier molecular flexibility index (Phi) is 1.32. The van der Waals surface area contributed by atoms with Crippen molar-refractivity contribution in [1.29, 1.82) is 5.26 Å². The summed E-state index contributed by atoms with van der Waals surface area (Å²) in [6, 6.07) is 2.08. The molecule has 1 rings (SSSR count). The fourth-order valence-electron chi connectivity index (χ4n) is 0.376. The topological polar surface area (TPSA) is 36.1 Å². The van der Waals surface area contributed by atoms with Gasteiger partial charge in [-0.05, 0) is 0 Å². The van der Waals surface area contributed by atoms with Crippen LogP contribution in [0.3, 0.4) is 0 Å². The molecular weight excluding hydrogens is 108 g/mol. The van der Waals surface area contributed by atoms with Crippen LogP contribution >= 0.6 is 11.8 Å². The minimum atomic E-state index is 0.0278. The smallest absolute Gasteiger partial charge is 0.128 e. The number of nitriles is 1. The first-order valence-corrected chi connectivity index (χ1v) is 2.99. The van der Waals surface area contributed by atoms with Crippen molar-refractivity contribution in [2.24, 2.45) is 4.99 Å². The molecule has 0 aromatic rings. The van der Waals surface area contributed by atoms with Gasteiger partial charge in [-0.1, -0.05) is 0 Å². The van der Waals surface area contributed by atoms with Crippen LogP contribution in [0.2, 0.25) is 0 Å². The van der Waals surface area contributed by atoms with E-state index in [1.165, 1.54) is 0 Å². The molecule has 0 aromatic carbocycles. The van der Waals surface area contributed by atoms with E-state index in [-0.39, 0.29) is 5.25 Å². The molecule has 1 aliphatic rings. The Bertz CT molecular complexity index is 124. The third kappa shape index (κ3) is 0.937. The second-order valence-electron chi connectivity index (χ2n) is 1.18. The van der Waals surface area contributed by atoms with Crippen molar-refractivity contribution in [2.45, 2.75) is 5.25 Å². The summed E-state index contributed by atoms with van der Waals surface area (Å²) in [7, 11) is 0. The monoisotopic (exact) mass is 112 g/mol. The van der Waals surface area contributed by atoms with Crippen molar-refractivity contribution in [3.63, 3.8) is 0 Å². The maximum atomic E-state index is 8.20. The number of hydrogen-bond acceptors (Lipinski definition) is 3. The van der Waals surface area contributed by atoms with Gasteiger partial charge in [-0.25, -0.2) is 0 Å². The summed E-state index contributed by atoms with van der Waals surface area (Å²) in [5.74, 6) is 0.762. The van der Waals surface area contributed by atoms with E-state index in [1.807, 2.05) is 0 Å². The molecule has 0 fully saturated rings. The van der Waals surface area contributed by atoms with E-state index in [2.05, 4.69) is 11.1 Å². The molecule has 1 unspecified atom stereocenters. The molecule has 3 heteroatoms. The average Bonchev–Trinajstić information content (AvgIpc) is 2.14. The van der Waals surface area contributed by atoms with Crippen LogP contribution in [0.4, 0.5) is 0 Å². The van der Waals surface area contributed by atoms with Gasteiger partial charge in [0.25, 0.3) is 0 Å². The maximum absolute atomic E-state index is 8.20. The highest BCUT2D eigenvalue weighted by Gasteiger charge is 2.06. The molecule has 1 atom stereocenters. The Balaban J connectivity index is 2.47. The molecule has 1 aliphatic heterocycles. The minimum Gasteiger partial charge on any atom is -0.284 e. The molecule has 0 saturated carbocycles. The van der Waals surface area contributed by atoms with Crippen LogP contribution in [-0.2, 0) is 0 Å². The fourth-order valence-corrected chi connectivity index (χ4v) is 0.955. The molecule has 0 aliphatic carbocycles. The largest absolute Gasteiger partial charge is 0.284 e. The molecule has 7 heavy (non-hydrogen) atoms. The molecule has 0 radical (unpaired) electrons. The SMILES string of the molecule is N#CC1C=NCS1. The number of thioether (sulfide) groups is 1. The van der Waals surface area contributed by atoms with Gasteiger partial charge in [0.05, 0.1) is 11.9 Å². The second kappa shape index (κ2) is 1.99. The fraction of sp³-hybridized carbons (Fsp3) is 0.500. The number of nitrogens with zero attached hydrogens (tertiary/aromatic N) is 2. The molecule has 0 spiro atoms. The van der Waals surface area contributed by atoms with Crippen molar-refractivity contribution in [2.75, 3.05) is 5.88 Å². The van der Waals surface area contributed by atoms with Gasteiger partial charge >= 0.3 is 0 Å². The molecular formula is C4H4N2S. The van der Waals surface area contributed by atoms with E-state index in [4.69, 9.17) is 5.26 Å². The lowest BCUT2D eigenvalue weighted by atomic mass is 10.5. The third-order valence-corrected chi connectivity index (χ3v) is 1.58. The Hall–Kier alpha value is -0.490. The van der Waals surface area contributed by atoms with Crippen LogP contribution in [0.15, 0.2) is 4.99 Å². The lowest BCUT2D eigenvalue weighted by Gasteiger charge is -1.83. The van der Waals surface area contributed by atoms with Gasteiger partial charge in [0.15, 0.2) is 0 Å². The predicted octanol–water partition coefficient (Wildman–Crippen LogP) is 0.654. The van der Waals surface area contributed by atoms with Crippen LogP contribution in [0, 0.1) is 11.3 Å². The average molecular weight is 112 g/mol. The summed E-state index contributed by atoms with van der Waals surface area (Å²) in [6.07, 6.45) is 1.69. The van der Waals surface area contributed by atoms with Crippen LogP contribution in [0.5, 0.6) is 0 Å². The van der Waals surface area contributed by atoms with Crippen LogP contribution in [0.25, 0.3) is 0 Å². The maximum Gasteiger partial charge on any atom is 0.128 e. The van der Waals surface area contributed by atoms with Crippen LogP contribution < -0.4 is 0 Å². The van der Waals surface area contributed by atoms with Gasteiger partial charge in [0, 0.05) is 6.21 Å². The molecule has 2 nitrogen and oxygen atoms in total. The Morgan fingerprint density at radius 3 is 3.14 bits per heavy atom. The molecule has 36 valence electrons. The van der Waals surface area contributed by atoms with E-state index >= 15 is 0 Å². The highest BCUT2D eigenvalue weighted by atomic mass is 32.2. The van der Waals surface area contributed by atoms with E-state index in [1.54, 1.807) is 18.0 Å². The van der Waals surface area contributed by atoms with Crippen molar-refractivity contribution in [3.8, 4) is 6.07 Å². The summed E-state index contributed by atoms with van der Waals surface area (Å²) >= 11 is 1.56. The molecule has 0 aromatic heterocycles. The Morgan fingerprint density at radius 2 is 2.86 bits per heavy atom. The van der Waals surface area contributed by atoms with Gasteiger partial charge in [-0.3, -0.25) is 4.99 Å². The van der Waals surface area contributed by atoms with Crippen LogP contribution in [-0.4, -0.2) is 17.3 Å². The lowest BCUT2D eigenvalue weighted by Crippen LogP contribution is -1.91. The number of rotatable bonds is 0. The van der Waals surface area contributed by atoms with Gasteiger partial charge in [0.2, 0.25) is 0 Å².